The van der Waals surface area contributed by atoms with E-state index in [4.69, 9.17) is 0 Å². The highest BCUT2D eigenvalue weighted by atomic mass is 32.2. The first-order valence-corrected chi connectivity index (χ1v) is 14.8. The minimum absolute atomic E-state index is 0.0183. The van der Waals surface area contributed by atoms with Crippen LogP contribution < -0.4 is 10.2 Å². The fourth-order valence-electron chi connectivity index (χ4n) is 6.63. The summed E-state index contributed by atoms with van der Waals surface area (Å²) in [5, 5.41) is 4.54. The zero-order valence-corrected chi connectivity index (χ0v) is 23.0. The number of carbonyl (C=O) groups excluding carboxylic acids is 1. The van der Waals surface area contributed by atoms with Crippen LogP contribution in [0.1, 0.15) is 67.5 Å². The van der Waals surface area contributed by atoms with Gasteiger partial charge in [0.05, 0.1) is 5.03 Å². The number of thioether (sulfide) groups is 1. The molecule has 36 heavy (non-hydrogen) atoms. The zero-order chi connectivity index (χ0) is 25.2. The summed E-state index contributed by atoms with van der Waals surface area (Å²) in [7, 11) is 0. The molecule has 4 unspecified atom stereocenters. The molecule has 1 aromatic heterocycles. The summed E-state index contributed by atoms with van der Waals surface area (Å²) in [5.74, 6) is 2.13. The van der Waals surface area contributed by atoms with Gasteiger partial charge in [0.1, 0.15) is 6.54 Å². The van der Waals surface area contributed by atoms with Gasteiger partial charge < -0.3 is 5.32 Å². The number of aryl methyl sites for hydroxylation is 1. The number of aromatic nitrogens is 1. The van der Waals surface area contributed by atoms with Crippen LogP contribution in [0.4, 0.5) is 5.69 Å². The fraction of sp³-hybridized carbons (Fsp3) is 0.467. The average Bonchev–Trinajstić information content (AvgIpc) is 3.53. The van der Waals surface area contributed by atoms with Gasteiger partial charge in [-0.15, -0.1) is 11.8 Å². The molecule has 2 fully saturated rings. The van der Waals surface area contributed by atoms with Crippen molar-refractivity contribution in [2.24, 2.45) is 17.8 Å². The molecule has 2 saturated carbocycles. The standard InChI is InChI=1S/C30H34N2O2S2/c1-17-5-13-22(14-6-17)31-23(33)16-32-28-27(36-29(32)34)24(18-9-11-21(12-10-18)30(2,3)4)25-19-7-8-20(15-19)26(25)35-28/h5-6,9-14,19-20,24-26H,7-8,15-16H2,1-4H3,(H,31,33)/t19?,20?,24-,25?,26?/m0/s1. The normalized spacial score (nSPS) is 26.5. The number of nitrogens with zero attached hydrogens (tertiary/aromatic N) is 1. The van der Waals surface area contributed by atoms with Gasteiger partial charge in [0, 0.05) is 21.7 Å². The van der Waals surface area contributed by atoms with E-state index in [-0.39, 0.29) is 28.7 Å². The number of hydrogen-bond acceptors (Lipinski definition) is 4. The summed E-state index contributed by atoms with van der Waals surface area (Å²) in [6.45, 7) is 8.83. The molecule has 5 atom stereocenters. The Morgan fingerprint density at radius 2 is 1.72 bits per heavy atom. The highest BCUT2D eigenvalue weighted by Crippen LogP contribution is 2.64. The van der Waals surface area contributed by atoms with E-state index in [9.17, 15) is 9.59 Å². The van der Waals surface area contributed by atoms with Crippen molar-refractivity contribution in [2.75, 3.05) is 5.32 Å². The molecule has 3 aliphatic rings. The summed E-state index contributed by atoms with van der Waals surface area (Å²) in [5.41, 5.74) is 4.68. The second kappa shape index (κ2) is 8.91. The molecule has 2 aliphatic carbocycles. The first-order chi connectivity index (χ1) is 17.2. The summed E-state index contributed by atoms with van der Waals surface area (Å²) in [4.78, 5) is 27.4. The summed E-state index contributed by atoms with van der Waals surface area (Å²) < 4.78 is 1.74. The first-order valence-electron chi connectivity index (χ1n) is 13.1. The number of benzene rings is 2. The SMILES string of the molecule is Cc1ccc(NC(=O)Cn2c3c(sc2=O)[C@@H](c2ccc(C(C)(C)C)cc2)C2C4CCC(C4)C2S3)cc1. The van der Waals surface area contributed by atoms with Gasteiger partial charge in [-0.1, -0.05) is 74.1 Å². The Hall–Kier alpha value is -2.31. The molecule has 2 heterocycles. The average molecular weight is 519 g/mol. The highest BCUT2D eigenvalue weighted by molar-refractivity contribution is 8.00. The summed E-state index contributed by atoms with van der Waals surface area (Å²) >= 11 is 3.25. The van der Waals surface area contributed by atoms with Crippen molar-refractivity contribution in [3.63, 3.8) is 0 Å². The number of rotatable bonds is 4. The van der Waals surface area contributed by atoms with Crippen LogP contribution in [0.2, 0.25) is 0 Å². The van der Waals surface area contributed by atoms with Crippen LogP contribution >= 0.6 is 23.1 Å². The summed E-state index contributed by atoms with van der Waals surface area (Å²) in [6, 6.07) is 16.9. The van der Waals surface area contributed by atoms with Crippen LogP contribution in [0, 0.1) is 24.7 Å². The van der Waals surface area contributed by atoms with Gasteiger partial charge in [-0.3, -0.25) is 14.2 Å². The lowest BCUT2D eigenvalue weighted by Gasteiger charge is -2.40. The van der Waals surface area contributed by atoms with Crippen LogP contribution in [0.15, 0.2) is 58.4 Å². The lowest BCUT2D eigenvalue weighted by Crippen LogP contribution is -2.35. The highest BCUT2D eigenvalue weighted by Gasteiger charge is 2.55. The Morgan fingerprint density at radius 3 is 2.42 bits per heavy atom. The van der Waals surface area contributed by atoms with Gasteiger partial charge in [0.25, 0.3) is 0 Å². The maximum atomic E-state index is 13.3. The van der Waals surface area contributed by atoms with Crippen molar-refractivity contribution in [1.82, 2.24) is 4.57 Å². The Bertz CT molecular complexity index is 1350. The molecule has 0 saturated heterocycles. The number of nitrogens with one attached hydrogen (secondary N) is 1. The van der Waals surface area contributed by atoms with E-state index in [1.165, 1.54) is 46.6 Å². The predicted octanol–water partition coefficient (Wildman–Crippen LogP) is 6.81. The van der Waals surface area contributed by atoms with Gasteiger partial charge in [0.15, 0.2) is 0 Å². The van der Waals surface area contributed by atoms with Crippen LogP contribution in [-0.4, -0.2) is 15.7 Å². The van der Waals surface area contributed by atoms with E-state index in [1.807, 2.05) is 43.0 Å². The van der Waals surface area contributed by atoms with E-state index in [0.29, 0.717) is 11.2 Å². The molecular formula is C30H34N2O2S2. The predicted molar refractivity (Wildman–Crippen MR) is 149 cm³/mol. The van der Waals surface area contributed by atoms with Crippen molar-refractivity contribution in [3.05, 3.63) is 79.8 Å². The van der Waals surface area contributed by atoms with Gasteiger partial charge in [-0.25, -0.2) is 0 Å². The minimum Gasteiger partial charge on any atom is -0.325 e. The van der Waals surface area contributed by atoms with Crippen molar-refractivity contribution in [2.45, 2.75) is 75.1 Å². The van der Waals surface area contributed by atoms with Crippen LogP contribution in [0.25, 0.3) is 0 Å². The van der Waals surface area contributed by atoms with Crippen molar-refractivity contribution in [3.8, 4) is 0 Å². The molecule has 0 radical (unpaired) electrons. The first kappa shape index (κ1) is 24.1. The summed E-state index contributed by atoms with van der Waals surface area (Å²) in [6.07, 6.45) is 3.92. The Balaban J connectivity index is 1.35. The third-order valence-electron chi connectivity index (χ3n) is 8.46. The zero-order valence-electron chi connectivity index (χ0n) is 21.4. The van der Waals surface area contributed by atoms with Gasteiger partial charge in [-0.2, -0.15) is 0 Å². The minimum atomic E-state index is -0.150. The largest absolute Gasteiger partial charge is 0.325 e. The molecule has 6 heteroatoms. The van der Waals surface area contributed by atoms with E-state index >= 15 is 0 Å². The second-order valence-electron chi connectivity index (χ2n) is 11.9. The lowest BCUT2D eigenvalue weighted by atomic mass is 9.74. The van der Waals surface area contributed by atoms with Crippen molar-refractivity contribution < 1.29 is 4.79 Å². The third-order valence-corrected chi connectivity index (χ3v) is 11.3. The molecule has 2 bridgehead atoms. The maximum absolute atomic E-state index is 13.3. The van der Waals surface area contributed by atoms with Gasteiger partial charge in [-0.05, 0) is 72.6 Å². The number of anilines is 1. The molecule has 1 N–H and O–H groups in total. The van der Waals surface area contributed by atoms with Crippen LogP contribution in [0.5, 0.6) is 0 Å². The topological polar surface area (TPSA) is 51.1 Å². The molecule has 4 nitrogen and oxygen atoms in total. The monoisotopic (exact) mass is 518 g/mol. The third kappa shape index (κ3) is 4.16. The molecule has 188 valence electrons. The van der Waals surface area contributed by atoms with Crippen LogP contribution in [-0.2, 0) is 16.8 Å². The maximum Gasteiger partial charge on any atom is 0.308 e. The molecule has 1 amide bonds. The quantitative estimate of drug-likeness (QED) is 0.413. The Kier molecular flexibility index (Phi) is 5.95. The molecule has 2 aromatic carbocycles. The molecular weight excluding hydrogens is 484 g/mol. The number of fused-ring (bicyclic) bond motifs is 6. The van der Waals surface area contributed by atoms with Crippen molar-refractivity contribution in [1.29, 1.82) is 0 Å². The number of amides is 1. The number of hydrogen-bond donors (Lipinski definition) is 1. The Labute approximate surface area is 221 Å². The number of carbonyl (C=O) groups is 1. The molecule has 6 rings (SSSR count). The van der Waals surface area contributed by atoms with Crippen LogP contribution in [0.3, 0.4) is 0 Å². The lowest BCUT2D eigenvalue weighted by molar-refractivity contribution is -0.116. The van der Waals surface area contributed by atoms with E-state index < -0.39 is 0 Å². The molecule has 3 aromatic rings. The van der Waals surface area contributed by atoms with Gasteiger partial charge >= 0.3 is 4.87 Å². The van der Waals surface area contributed by atoms with Crippen molar-refractivity contribution >= 4 is 34.7 Å². The van der Waals surface area contributed by atoms with E-state index in [0.717, 1.165) is 28.1 Å². The molecule has 0 spiro atoms. The molecule has 1 aliphatic heterocycles. The number of thiazole rings is 1. The second-order valence-corrected chi connectivity index (χ2v) is 14.0. The van der Waals surface area contributed by atoms with Gasteiger partial charge in [0.2, 0.25) is 5.91 Å². The van der Waals surface area contributed by atoms with E-state index in [1.54, 1.807) is 4.57 Å². The van der Waals surface area contributed by atoms with E-state index in [2.05, 4.69) is 50.4 Å². The fourth-order valence-corrected chi connectivity index (χ4v) is 9.78. The smallest absolute Gasteiger partial charge is 0.308 e. The Morgan fingerprint density at radius 1 is 1.03 bits per heavy atom.